The van der Waals surface area contributed by atoms with E-state index in [2.05, 4.69) is 10.2 Å². The monoisotopic (exact) mass is 269 g/mol. The van der Waals surface area contributed by atoms with Gasteiger partial charge in [0, 0.05) is 12.6 Å². The van der Waals surface area contributed by atoms with E-state index >= 15 is 0 Å². The van der Waals surface area contributed by atoms with Gasteiger partial charge >= 0.3 is 5.82 Å². The summed E-state index contributed by atoms with van der Waals surface area (Å²) in [7, 11) is 1.75. The molecule has 0 aliphatic carbocycles. The molecule has 0 aliphatic heterocycles. The molecular weight excluding hydrogens is 258 g/mol. The van der Waals surface area contributed by atoms with Gasteiger partial charge in [-0.2, -0.15) is 9.78 Å². The zero-order chi connectivity index (χ0) is 13.4. The van der Waals surface area contributed by atoms with Crippen LogP contribution >= 0.6 is 11.6 Å². The largest absolute Gasteiger partial charge is 0.392 e. The lowest BCUT2D eigenvalue weighted by Crippen LogP contribution is -2.02. The Morgan fingerprint density at radius 3 is 2.56 bits per heavy atom. The van der Waals surface area contributed by atoms with E-state index < -0.39 is 4.92 Å². The molecule has 0 atom stereocenters. The molecule has 0 fully saturated rings. The van der Waals surface area contributed by atoms with Crippen molar-refractivity contribution in [2.75, 3.05) is 0 Å². The zero-order valence-electron chi connectivity index (χ0n) is 10.2. The third-order valence-electron chi connectivity index (χ3n) is 2.68. The molecule has 0 spiro atoms. The maximum absolute atomic E-state index is 10.7. The maximum Gasteiger partial charge on any atom is 0.392 e. The van der Waals surface area contributed by atoms with Crippen molar-refractivity contribution < 1.29 is 4.92 Å². The molecule has 2 aromatic heterocycles. The van der Waals surface area contributed by atoms with Crippen LogP contribution in [0.2, 0.25) is 5.15 Å². The highest BCUT2D eigenvalue weighted by atomic mass is 35.5. The number of rotatable bonds is 3. The first kappa shape index (κ1) is 12.6. The summed E-state index contributed by atoms with van der Waals surface area (Å²) in [5.41, 5.74) is 2.13. The Balaban J connectivity index is 2.34. The Morgan fingerprint density at radius 2 is 2.11 bits per heavy atom. The van der Waals surface area contributed by atoms with Gasteiger partial charge in [0.1, 0.15) is 5.15 Å². The topological polar surface area (TPSA) is 78.8 Å². The lowest BCUT2D eigenvalue weighted by molar-refractivity contribution is -0.390. The molecule has 0 amide bonds. The Bertz CT molecular complexity index is 616. The normalized spacial score (nSPS) is 10.9. The summed E-state index contributed by atoms with van der Waals surface area (Å²) in [6.07, 6.45) is 1.63. The minimum atomic E-state index is -0.496. The predicted octanol–water partition coefficient (Wildman–Crippen LogP) is 1.84. The van der Waals surface area contributed by atoms with E-state index in [1.165, 1.54) is 4.68 Å². The van der Waals surface area contributed by atoms with Gasteiger partial charge in [0.2, 0.25) is 0 Å². The molecule has 0 aliphatic rings. The Labute approximate surface area is 108 Å². The molecule has 2 heterocycles. The fourth-order valence-corrected chi connectivity index (χ4v) is 2.02. The average Bonchev–Trinajstić information content (AvgIpc) is 2.75. The van der Waals surface area contributed by atoms with E-state index in [0.717, 1.165) is 11.3 Å². The van der Waals surface area contributed by atoms with Crippen molar-refractivity contribution >= 4 is 17.4 Å². The molecule has 8 heteroatoms. The summed E-state index contributed by atoms with van der Waals surface area (Å²) in [5.74, 6) is -0.132. The van der Waals surface area contributed by atoms with Gasteiger partial charge in [-0.05, 0) is 18.8 Å². The minimum Gasteiger partial charge on any atom is -0.358 e. The van der Waals surface area contributed by atoms with Crippen LogP contribution in [0, 0.1) is 24.0 Å². The van der Waals surface area contributed by atoms with Crippen LogP contribution < -0.4 is 0 Å². The molecule has 0 saturated heterocycles. The number of nitrogens with zero attached hydrogens (tertiary/aromatic N) is 5. The lowest BCUT2D eigenvalue weighted by atomic mass is 10.2. The number of hydrogen-bond acceptors (Lipinski definition) is 4. The van der Waals surface area contributed by atoms with Crippen LogP contribution in [0.5, 0.6) is 0 Å². The van der Waals surface area contributed by atoms with E-state index in [0.29, 0.717) is 17.3 Å². The van der Waals surface area contributed by atoms with Crippen molar-refractivity contribution in [1.29, 1.82) is 0 Å². The van der Waals surface area contributed by atoms with E-state index in [4.69, 9.17) is 11.6 Å². The summed E-state index contributed by atoms with van der Waals surface area (Å²) in [6.45, 7) is 3.86. The number of halogens is 1. The van der Waals surface area contributed by atoms with Crippen LogP contribution in [-0.2, 0) is 13.6 Å². The molecule has 2 rings (SSSR count). The van der Waals surface area contributed by atoms with Crippen LogP contribution in [-0.4, -0.2) is 24.5 Å². The van der Waals surface area contributed by atoms with E-state index in [9.17, 15) is 10.1 Å². The summed E-state index contributed by atoms with van der Waals surface area (Å²) in [5, 5.41) is 19.3. The van der Waals surface area contributed by atoms with Crippen LogP contribution in [0.1, 0.15) is 16.8 Å². The van der Waals surface area contributed by atoms with E-state index in [1.807, 2.05) is 6.92 Å². The summed E-state index contributed by atoms with van der Waals surface area (Å²) < 4.78 is 3.07. The molecule has 0 saturated carbocycles. The smallest absolute Gasteiger partial charge is 0.358 e. The van der Waals surface area contributed by atoms with Crippen molar-refractivity contribution in [3.8, 4) is 0 Å². The quantitative estimate of drug-likeness (QED) is 0.629. The molecule has 0 N–H and O–H groups in total. The number of nitro groups is 1. The second-order valence-electron chi connectivity index (χ2n) is 4.07. The lowest BCUT2D eigenvalue weighted by Gasteiger charge is -1.97. The third kappa shape index (κ3) is 2.08. The van der Waals surface area contributed by atoms with E-state index in [-0.39, 0.29) is 5.82 Å². The van der Waals surface area contributed by atoms with Gasteiger partial charge in [0.25, 0.3) is 0 Å². The highest BCUT2D eigenvalue weighted by molar-refractivity contribution is 6.30. The van der Waals surface area contributed by atoms with Crippen LogP contribution in [0.4, 0.5) is 5.82 Å². The summed E-state index contributed by atoms with van der Waals surface area (Å²) in [4.78, 5) is 10.2. The van der Waals surface area contributed by atoms with Gasteiger partial charge in [-0.3, -0.25) is 4.68 Å². The standard InChI is InChI=1S/C10H12ClN5O2/c1-6-4-15(13-10(6)16(17)18)5-8-7(2)12-14(3)9(8)11/h4H,5H2,1-3H3. The third-order valence-corrected chi connectivity index (χ3v) is 3.15. The fourth-order valence-electron chi connectivity index (χ4n) is 1.79. The summed E-state index contributed by atoms with van der Waals surface area (Å²) >= 11 is 6.10. The highest BCUT2D eigenvalue weighted by Crippen LogP contribution is 2.21. The highest BCUT2D eigenvalue weighted by Gasteiger charge is 2.19. The first-order chi connectivity index (χ1) is 8.40. The molecule has 0 bridgehead atoms. The van der Waals surface area contributed by atoms with Crippen molar-refractivity contribution in [2.45, 2.75) is 20.4 Å². The minimum absolute atomic E-state index is 0.132. The van der Waals surface area contributed by atoms with Gasteiger partial charge < -0.3 is 10.1 Å². The van der Waals surface area contributed by atoms with Crippen LogP contribution in [0.15, 0.2) is 6.20 Å². The second kappa shape index (κ2) is 4.41. The van der Waals surface area contributed by atoms with E-state index in [1.54, 1.807) is 24.9 Å². The number of aromatic nitrogens is 4. The fraction of sp³-hybridized carbons (Fsp3) is 0.400. The first-order valence-corrected chi connectivity index (χ1v) is 5.64. The predicted molar refractivity (Wildman–Crippen MR) is 65.7 cm³/mol. The molecule has 7 nitrogen and oxygen atoms in total. The van der Waals surface area contributed by atoms with Gasteiger partial charge in [0.15, 0.2) is 0 Å². The Kier molecular flexibility index (Phi) is 3.08. The Hall–Kier alpha value is -1.89. The van der Waals surface area contributed by atoms with Crippen molar-refractivity contribution in [2.24, 2.45) is 7.05 Å². The first-order valence-electron chi connectivity index (χ1n) is 5.26. The van der Waals surface area contributed by atoms with Gasteiger partial charge in [-0.1, -0.05) is 11.6 Å². The Morgan fingerprint density at radius 1 is 1.44 bits per heavy atom. The van der Waals surface area contributed by atoms with Crippen LogP contribution in [0.3, 0.4) is 0 Å². The SMILES string of the molecule is Cc1cn(Cc2c(C)nn(C)c2Cl)nc1[N+](=O)[O-]. The molecular formula is C10H12ClN5O2. The summed E-state index contributed by atoms with van der Waals surface area (Å²) in [6, 6.07) is 0. The van der Waals surface area contributed by atoms with Gasteiger partial charge in [0.05, 0.1) is 29.1 Å². The molecule has 0 radical (unpaired) electrons. The van der Waals surface area contributed by atoms with Crippen LogP contribution in [0.25, 0.3) is 0 Å². The zero-order valence-corrected chi connectivity index (χ0v) is 11.0. The number of aryl methyl sites for hydroxylation is 3. The number of hydrogen-bond donors (Lipinski definition) is 0. The van der Waals surface area contributed by atoms with Gasteiger partial charge in [-0.15, -0.1) is 0 Å². The van der Waals surface area contributed by atoms with Crippen molar-refractivity contribution in [3.05, 3.63) is 38.3 Å². The van der Waals surface area contributed by atoms with Crippen molar-refractivity contribution in [1.82, 2.24) is 19.6 Å². The molecule has 96 valence electrons. The molecule has 18 heavy (non-hydrogen) atoms. The maximum atomic E-state index is 10.7. The van der Waals surface area contributed by atoms with Crippen molar-refractivity contribution in [3.63, 3.8) is 0 Å². The van der Waals surface area contributed by atoms with Gasteiger partial charge in [-0.25, -0.2) is 0 Å². The second-order valence-corrected chi connectivity index (χ2v) is 4.43. The molecule has 2 aromatic rings. The average molecular weight is 270 g/mol. The molecule has 0 aromatic carbocycles. The molecule has 0 unspecified atom stereocenters.